The predicted molar refractivity (Wildman–Crippen MR) is 82.1 cm³/mol. The number of ketones is 1. The number of hydrogen-bond acceptors (Lipinski definition) is 3. The van der Waals surface area contributed by atoms with E-state index in [1.807, 2.05) is 0 Å². The van der Waals surface area contributed by atoms with Crippen LogP contribution in [0.15, 0.2) is 53.1 Å². The molecule has 0 aliphatic heterocycles. The third kappa shape index (κ3) is 3.10. The number of alkyl halides is 3. The summed E-state index contributed by atoms with van der Waals surface area (Å²) in [5, 5.41) is 0. The Balaban J connectivity index is 2.11. The highest BCUT2D eigenvalue weighted by molar-refractivity contribution is 9.10. The highest BCUT2D eigenvalue weighted by Gasteiger charge is 2.36. The quantitative estimate of drug-likeness (QED) is 0.608. The van der Waals surface area contributed by atoms with Gasteiger partial charge in [-0.15, -0.1) is 0 Å². The first-order valence-corrected chi connectivity index (χ1v) is 7.30. The molecule has 0 saturated heterocycles. The Morgan fingerprint density at radius 1 is 0.913 bits per heavy atom. The maximum Gasteiger partial charge on any atom is 0.436 e. The molecule has 0 amide bonds. The summed E-state index contributed by atoms with van der Waals surface area (Å²) in [5.74, 6) is -0.286. The first kappa shape index (κ1) is 15.6. The van der Waals surface area contributed by atoms with E-state index in [2.05, 4.69) is 25.9 Å². The fraction of sp³-hybridized carbons (Fsp3) is 0.0625. The van der Waals surface area contributed by atoms with Crippen molar-refractivity contribution in [1.82, 2.24) is 9.97 Å². The van der Waals surface area contributed by atoms with Crippen molar-refractivity contribution in [3.63, 3.8) is 0 Å². The van der Waals surface area contributed by atoms with E-state index in [0.717, 1.165) is 0 Å². The van der Waals surface area contributed by atoms with Crippen LogP contribution in [0.2, 0.25) is 0 Å². The highest BCUT2D eigenvalue weighted by atomic mass is 79.9. The number of rotatable bonds is 2. The molecule has 3 nitrogen and oxygen atoms in total. The smallest absolute Gasteiger partial charge is 0.289 e. The minimum absolute atomic E-state index is 0.0160. The van der Waals surface area contributed by atoms with Gasteiger partial charge in [-0.3, -0.25) is 4.79 Å². The van der Waals surface area contributed by atoms with E-state index in [0.29, 0.717) is 5.56 Å². The molecule has 0 aliphatic rings. The van der Waals surface area contributed by atoms with E-state index in [1.165, 1.54) is 18.2 Å². The van der Waals surface area contributed by atoms with E-state index >= 15 is 0 Å². The molecule has 0 unspecified atom stereocenters. The molecular weight excluding hydrogens is 373 g/mol. The molecule has 116 valence electrons. The van der Waals surface area contributed by atoms with Gasteiger partial charge in [0.15, 0.2) is 11.5 Å². The summed E-state index contributed by atoms with van der Waals surface area (Å²) in [7, 11) is 0. The summed E-state index contributed by atoms with van der Waals surface area (Å²) in [6, 6.07) is 12.8. The number of hydrogen-bond donors (Lipinski definition) is 0. The van der Waals surface area contributed by atoms with Gasteiger partial charge in [-0.1, -0.05) is 30.3 Å². The maximum atomic E-state index is 12.9. The van der Waals surface area contributed by atoms with Gasteiger partial charge < -0.3 is 0 Å². The second-order valence-electron chi connectivity index (χ2n) is 4.76. The number of fused-ring (bicyclic) bond motifs is 1. The topological polar surface area (TPSA) is 42.9 Å². The first-order chi connectivity index (χ1) is 10.9. The molecule has 0 spiro atoms. The number of aromatic nitrogens is 2. The van der Waals surface area contributed by atoms with Crippen LogP contribution in [0.3, 0.4) is 0 Å². The summed E-state index contributed by atoms with van der Waals surface area (Å²) in [5.41, 5.74) is -0.118. The van der Waals surface area contributed by atoms with Crippen LogP contribution in [0.25, 0.3) is 11.0 Å². The summed E-state index contributed by atoms with van der Waals surface area (Å²) in [4.78, 5) is 19.8. The average molecular weight is 381 g/mol. The normalized spacial score (nSPS) is 11.7. The lowest BCUT2D eigenvalue weighted by molar-refractivity contribution is -0.141. The van der Waals surface area contributed by atoms with Gasteiger partial charge in [0.2, 0.25) is 0 Å². The fourth-order valence-electron chi connectivity index (χ4n) is 2.11. The van der Waals surface area contributed by atoms with Crippen molar-refractivity contribution in [1.29, 1.82) is 0 Å². The van der Waals surface area contributed by atoms with E-state index in [-0.39, 0.29) is 27.0 Å². The van der Waals surface area contributed by atoms with Crippen LogP contribution in [-0.2, 0) is 6.18 Å². The molecule has 0 fully saturated rings. The fourth-order valence-corrected chi connectivity index (χ4v) is 2.62. The van der Waals surface area contributed by atoms with Crippen LogP contribution >= 0.6 is 15.9 Å². The molecule has 0 N–H and O–H groups in total. The van der Waals surface area contributed by atoms with E-state index in [1.54, 1.807) is 30.3 Å². The van der Waals surface area contributed by atoms with Crippen molar-refractivity contribution in [2.75, 3.05) is 0 Å². The van der Waals surface area contributed by atoms with Crippen LogP contribution in [0, 0.1) is 0 Å². The number of carbonyl (C=O) groups is 1. The zero-order valence-electron chi connectivity index (χ0n) is 11.4. The number of carbonyl (C=O) groups excluding carboxylic acids is 1. The molecule has 23 heavy (non-hydrogen) atoms. The molecule has 1 heterocycles. The lowest BCUT2D eigenvalue weighted by atomic mass is 10.0. The molecule has 3 rings (SSSR count). The van der Waals surface area contributed by atoms with Gasteiger partial charge in [0, 0.05) is 11.1 Å². The second kappa shape index (κ2) is 5.73. The Morgan fingerprint density at radius 2 is 1.61 bits per heavy atom. The Morgan fingerprint density at radius 3 is 2.26 bits per heavy atom. The lowest BCUT2D eigenvalue weighted by Crippen LogP contribution is -2.11. The SMILES string of the molecule is O=C(c1ccccc1)c1ccc2nc(Br)c(C(F)(F)F)nc2c1. The Hall–Kier alpha value is -2.28. The summed E-state index contributed by atoms with van der Waals surface area (Å²) >= 11 is 2.78. The maximum absolute atomic E-state index is 12.9. The zero-order valence-corrected chi connectivity index (χ0v) is 13.0. The number of benzene rings is 2. The van der Waals surface area contributed by atoms with Crippen LogP contribution in [0.5, 0.6) is 0 Å². The van der Waals surface area contributed by atoms with Gasteiger partial charge in [0.1, 0.15) is 4.60 Å². The van der Waals surface area contributed by atoms with Crippen molar-refractivity contribution in [3.05, 3.63) is 70.0 Å². The van der Waals surface area contributed by atoms with Crippen LogP contribution in [0.1, 0.15) is 21.6 Å². The minimum atomic E-state index is -4.63. The summed E-state index contributed by atoms with van der Waals surface area (Å²) < 4.78 is 38.3. The molecule has 0 aliphatic carbocycles. The monoisotopic (exact) mass is 380 g/mol. The van der Waals surface area contributed by atoms with Crippen molar-refractivity contribution in [2.24, 2.45) is 0 Å². The minimum Gasteiger partial charge on any atom is -0.289 e. The molecule has 0 radical (unpaired) electrons. The molecule has 3 aromatic rings. The zero-order chi connectivity index (χ0) is 16.6. The molecule has 0 atom stereocenters. The molecule has 0 bridgehead atoms. The Bertz CT molecular complexity index is 895. The van der Waals surface area contributed by atoms with Crippen molar-refractivity contribution >= 4 is 32.7 Å². The van der Waals surface area contributed by atoms with Crippen LogP contribution in [-0.4, -0.2) is 15.8 Å². The van der Waals surface area contributed by atoms with Crippen molar-refractivity contribution < 1.29 is 18.0 Å². The van der Waals surface area contributed by atoms with Crippen molar-refractivity contribution in [2.45, 2.75) is 6.18 Å². The van der Waals surface area contributed by atoms with E-state index < -0.39 is 11.9 Å². The van der Waals surface area contributed by atoms with Gasteiger partial charge in [-0.25, -0.2) is 9.97 Å². The predicted octanol–water partition coefficient (Wildman–Crippen LogP) is 4.64. The molecule has 7 heteroatoms. The molecular formula is C16H8BrF3N2O. The number of nitrogens with zero attached hydrogens (tertiary/aromatic N) is 2. The van der Waals surface area contributed by atoms with Gasteiger partial charge in [-0.2, -0.15) is 13.2 Å². The third-order valence-electron chi connectivity index (χ3n) is 3.19. The Labute approximate surface area is 137 Å². The molecule has 2 aromatic carbocycles. The van der Waals surface area contributed by atoms with Gasteiger partial charge in [-0.05, 0) is 34.1 Å². The standard InChI is InChI=1S/C16H8BrF3N2O/c17-15-14(16(18,19)20)21-12-8-10(6-7-11(12)22-15)13(23)9-4-2-1-3-5-9/h1-8H. The van der Waals surface area contributed by atoms with E-state index in [9.17, 15) is 18.0 Å². The third-order valence-corrected chi connectivity index (χ3v) is 3.74. The Kier molecular flexibility index (Phi) is 3.89. The molecule has 0 saturated carbocycles. The largest absolute Gasteiger partial charge is 0.436 e. The van der Waals surface area contributed by atoms with Crippen LogP contribution in [0.4, 0.5) is 13.2 Å². The lowest BCUT2D eigenvalue weighted by Gasteiger charge is -2.09. The van der Waals surface area contributed by atoms with Gasteiger partial charge >= 0.3 is 6.18 Å². The van der Waals surface area contributed by atoms with Crippen molar-refractivity contribution in [3.8, 4) is 0 Å². The van der Waals surface area contributed by atoms with Gasteiger partial charge in [0.05, 0.1) is 11.0 Å². The van der Waals surface area contributed by atoms with E-state index in [4.69, 9.17) is 0 Å². The summed E-state index contributed by atoms with van der Waals surface area (Å²) in [6.07, 6.45) is -4.63. The second-order valence-corrected chi connectivity index (χ2v) is 5.51. The highest BCUT2D eigenvalue weighted by Crippen LogP contribution is 2.33. The van der Waals surface area contributed by atoms with Gasteiger partial charge in [0.25, 0.3) is 0 Å². The number of halogens is 4. The van der Waals surface area contributed by atoms with Crippen LogP contribution < -0.4 is 0 Å². The average Bonchev–Trinajstić information content (AvgIpc) is 2.53. The molecule has 1 aromatic heterocycles. The summed E-state index contributed by atoms with van der Waals surface area (Å²) in [6.45, 7) is 0. The first-order valence-electron chi connectivity index (χ1n) is 6.50.